The van der Waals surface area contributed by atoms with Gasteiger partial charge in [0.15, 0.2) is 0 Å². The predicted octanol–water partition coefficient (Wildman–Crippen LogP) is 1.10. The monoisotopic (exact) mass is 241 g/mol. The third-order valence-corrected chi connectivity index (χ3v) is 3.71. The molecule has 1 fully saturated rings. The molecule has 0 aromatic carbocycles. The van der Waals surface area contributed by atoms with E-state index < -0.39 is 0 Å². The van der Waals surface area contributed by atoms with Crippen LogP contribution in [0.1, 0.15) is 45.4 Å². The second-order valence-electron chi connectivity index (χ2n) is 5.16. The molecule has 4 nitrogen and oxygen atoms in total. The number of primary amides is 1. The quantitative estimate of drug-likeness (QED) is 0.702. The van der Waals surface area contributed by atoms with Crippen molar-refractivity contribution >= 4 is 5.91 Å². The molecule has 100 valence electrons. The molecular formula is C13H27N3O. The van der Waals surface area contributed by atoms with Crippen molar-refractivity contribution in [3.05, 3.63) is 0 Å². The molecule has 4 heteroatoms. The Morgan fingerprint density at radius 2 is 2.00 bits per heavy atom. The molecule has 0 bridgehead atoms. The van der Waals surface area contributed by atoms with E-state index in [-0.39, 0.29) is 5.91 Å². The van der Waals surface area contributed by atoms with E-state index in [0.717, 1.165) is 13.1 Å². The Morgan fingerprint density at radius 1 is 1.35 bits per heavy atom. The van der Waals surface area contributed by atoms with Crippen molar-refractivity contribution < 1.29 is 4.79 Å². The molecule has 1 aliphatic rings. The fourth-order valence-electron chi connectivity index (χ4n) is 2.54. The van der Waals surface area contributed by atoms with Gasteiger partial charge in [-0.2, -0.15) is 0 Å². The third-order valence-electron chi connectivity index (χ3n) is 3.71. The molecule has 1 saturated carbocycles. The molecule has 17 heavy (non-hydrogen) atoms. The van der Waals surface area contributed by atoms with Gasteiger partial charge in [0.25, 0.3) is 0 Å². The highest BCUT2D eigenvalue weighted by Gasteiger charge is 2.23. The topological polar surface area (TPSA) is 58.4 Å². The lowest BCUT2D eigenvalue weighted by molar-refractivity contribution is -0.118. The molecule has 0 unspecified atom stereocenters. The van der Waals surface area contributed by atoms with Crippen LogP contribution in [0.15, 0.2) is 0 Å². The molecule has 0 radical (unpaired) electrons. The van der Waals surface area contributed by atoms with Crippen molar-refractivity contribution in [3.8, 4) is 0 Å². The van der Waals surface area contributed by atoms with Gasteiger partial charge in [0, 0.05) is 25.0 Å². The smallest absolute Gasteiger partial charge is 0.218 e. The van der Waals surface area contributed by atoms with Gasteiger partial charge in [-0.25, -0.2) is 0 Å². The summed E-state index contributed by atoms with van der Waals surface area (Å²) in [6.45, 7) is 4.14. The Kier molecular flexibility index (Phi) is 6.52. The highest BCUT2D eigenvalue weighted by molar-refractivity contribution is 5.73. The molecule has 1 aliphatic carbocycles. The van der Waals surface area contributed by atoms with E-state index in [2.05, 4.69) is 24.2 Å². The van der Waals surface area contributed by atoms with Crippen LogP contribution < -0.4 is 11.1 Å². The molecule has 0 heterocycles. The molecule has 0 spiro atoms. The second kappa shape index (κ2) is 7.67. The van der Waals surface area contributed by atoms with Crippen molar-refractivity contribution in [2.75, 3.05) is 20.1 Å². The maximum atomic E-state index is 10.7. The van der Waals surface area contributed by atoms with Gasteiger partial charge < -0.3 is 16.0 Å². The van der Waals surface area contributed by atoms with Crippen LogP contribution in [0.3, 0.4) is 0 Å². The lowest BCUT2D eigenvalue weighted by Crippen LogP contribution is -2.41. The van der Waals surface area contributed by atoms with Crippen molar-refractivity contribution in [1.82, 2.24) is 10.2 Å². The number of hydrogen-bond donors (Lipinski definition) is 2. The number of rotatable bonds is 7. The van der Waals surface area contributed by atoms with Gasteiger partial charge in [0.2, 0.25) is 5.91 Å². The lowest BCUT2D eigenvalue weighted by Gasteiger charge is -2.34. The van der Waals surface area contributed by atoms with Gasteiger partial charge in [0.05, 0.1) is 0 Å². The van der Waals surface area contributed by atoms with Crippen LogP contribution in [0.2, 0.25) is 0 Å². The SMILES string of the molecule is CCCNC1CCC(N(C)CCC(N)=O)CC1. The van der Waals surface area contributed by atoms with E-state index in [9.17, 15) is 4.79 Å². The average Bonchev–Trinajstić information content (AvgIpc) is 2.34. The average molecular weight is 241 g/mol. The molecule has 0 aromatic rings. The number of nitrogens with two attached hydrogens (primary N) is 1. The number of nitrogens with zero attached hydrogens (tertiary/aromatic N) is 1. The Bertz CT molecular complexity index is 225. The molecule has 1 rings (SSSR count). The zero-order valence-corrected chi connectivity index (χ0v) is 11.2. The maximum absolute atomic E-state index is 10.7. The summed E-state index contributed by atoms with van der Waals surface area (Å²) < 4.78 is 0. The van der Waals surface area contributed by atoms with E-state index in [0.29, 0.717) is 18.5 Å². The van der Waals surface area contributed by atoms with Crippen LogP contribution in [0.4, 0.5) is 0 Å². The first kappa shape index (κ1) is 14.5. The van der Waals surface area contributed by atoms with Crippen molar-refractivity contribution in [2.24, 2.45) is 5.73 Å². The maximum Gasteiger partial charge on any atom is 0.218 e. The molecule has 0 aliphatic heterocycles. The fraction of sp³-hybridized carbons (Fsp3) is 0.923. The summed E-state index contributed by atoms with van der Waals surface area (Å²) in [6, 6.07) is 1.34. The number of amides is 1. The van der Waals surface area contributed by atoms with Gasteiger partial charge in [-0.15, -0.1) is 0 Å². The van der Waals surface area contributed by atoms with E-state index >= 15 is 0 Å². The number of carbonyl (C=O) groups excluding carboxylic acids is 1. The van der Waals surface area contributed by atoms with Gasteiger partial charge in [-0.05, 0) is 45.7 Å². The summed E-state index contributed by atoms with van der Waals surface area (Å²) in [5, 5.41) is 3.59. The van der Waals surface area contributed by atoms with Crippen LogP contribution in [0.5, 0.6) is 0 Å². The van der Waals surface area contributed by atoms with E-state index in [1.54, 1.807) is 0 Å². The van der Waals surface area contributed by atoms with Crippen LogP contribution >= 0.6 is 0 Å². The minimum Gasteiger partial charge on any atom is -0.370 e. The van der Waals surface area contributed by atoms with E-state index in [1.165, 1.54) is 32.1 Å². The minimum atomic E-state index is -0.199. The Labute approximate surface area is 105 Å². The first-order valence-electron chi connectivity index (χ1n) is 6.85. The number of nitrogens with one attached hydrogen (secondary N) is 1. The van der Waals surface area contributed by atoms with Gasteiger partial charge in [-0.3, -0.25) is 4.79 Å². The first-order chi connectivity index (χ1) is 8.13. The van der Waals surface area contributed by atoms with Crippen LogP contribution in [-0.2, 0) is 4.79 Å². The molecular weight excluding hydrogens is 214 g/mol. The zero-order chi connectivity index (χ0) is 12.7. The van der Waals surface area contributed by atoms with Crippen molar-refractivity contribution in [3.63, 3.8) is 0 Å². The van der Waals surface area contributed by atoms with E-state index in [4.69, 9.17) is 5.73 Å². The van der Waals surface area contributed by atoms with Gasteiger partial charge in [0.1, 0.15) is 0 Å². The second-order valence-corrected chi connectivity index (χ2v) is 5.16. The summed E-state index contributed by atoms with van der Waals surface area (Å²) in [5.41, 5.74) is 5.17. The largest absolute Gasteiger partial charge is 0.370 e. The first-order valence-corrected chi connectivity index (χ1v) is 6.85. The van der Waals surface area contributed by atoms with Gasteiger partial charge in [-0.1, -0.05) is 6.92 Å². The highest BCUT2D eigenvalue weighted by atomic mass is 16.1. The molecule has 3 N–H and O–H groups in total. The summed E-state index contributed by atoms with van der Waals surface area (Å²) in [6.07, 6.45) is 6.66. The van der Waals surface area contributed by atoms with E-state index in [1.807, 2.05) is 0 Å². The normalized spacial score (nSPS) is 25.1. The number of hydrogen-bond acceptors (Lipinski definition) is 3. The standard InChI is InChI=1S/C13H27N3O/c1-3-9-15-11-4-6-12(7-5-11)16(2)10-8-13(14)17/h11-12,15H,3-10H2,1-2H3,(H2,14,17). The summed E-state index contributed by atoms with van der Waals surface area (Å²) >= 11 is 0. The summed E-state index contributed by atoms with van der Waals surface area (Å²) in [7, 11) is 2.10. The lowest BCUT2D eigenvalue weighted by atomic mass is 9.90. The predicted molar refractivity (Wildman–Crippen MR) is 70.8 cm³/mol. The zero-order valence-electron chi connectivity index (χ0n) is 11.2. The third kappa shape index (κ3) is 5.50. The Hall–Kier alpha value is -0.610. The number of carbonyl (C=O) groups is 1. The summed E-state index contributed by atoms with van der Waals surface area (Å²) in [5.74, 6) is -0.199. The fourth-order valence-corrected chi connectivity index (χ4v) is 2.54. The molecule has 0 saturated heterocycles. The Balaban J connectivity index is 2.19. The highest BCUT2D eigenvalue weighted by Crippen LogP contribution is 2.22. The minimum absolute atomic E-state index is 0.199. The van der Waals surface area contributed by atoms with Gasteiger partial charge >= 0.3 is 0 Å². The molecule has 0 atom stereocenters. The van der Waals surface area contributed by atoms with Crippen molar-refractivity contribution in [1.29, 1.82) is 0 Å². The van der Waals surface area contributed by atoms with Crippen molar-refractivity contribution in [2.45, 2.75) is 57.5 Å². The Morgan fingerprint density at radius 3 is 2.53 bits per heavy atom. The summed E-state index contributed by atoms with van der Waals surface area (Å²) in [4.78, 5) is 13.0. The molecule has 0 aromatic heterocycles. The molecule has 1 amide bonds. The van der Waals surface area contributed by atoms with Crippen LogP contribution in [0.25, 0.3) is 0 Å². The van der Waals surface area contributed by atoms with Crippen LogP contribution in [-0.4, -0.2) is 43.0 Å². The van der Waals surface area contributed by atoms with Crippen LogP contribution in [0, 0.1) is 0 Å².